The highest BCUT2D eigenvalue weighted by Crippen LogP contribution is 2.32. The fourth-order valence-electron chi connectivity index (χ4n) is 2.31. The van der Waals surface area contributed by atoms with Gasteiger partial charge in [-0.1, -0.05) is 0 Å². The lowest BCUT2D eigenvalue weighted by Crippen LogP contribution is -2.04. The summed E-state index contributed by atoms with van der Waals surface area (Å²) in [5.74, 6) is -0.391. The molecule has 0 fully saturated rings. The smallest absolute Gasteiger partial charge is 0.305 e. The van der Waals surface area contributed by atoms with Crippen molar-refractivity contribution in [3.8, 4) is 0 Å². The number of aryl methyl sites for hydroxylation is 1. The molecule has 3 rings (SSSR count). The molecule has 0 saturated carbocycles. The number of thiophene rings is 1. The molecule has 0 spiro atoms. The predicted octanol–water partition coefficient (Wildman–Crippen LogP) is 2.92. The van der Waals surface area contributed by atoms with Crippen molar-refractivity contribution >= 4 is 44.1 Å². The van der Waals surface area contributed by atoms with Crippen LogP contribution in [0.3, 0.4) is 0 Å². The van der Waals surface area contributed by atoms with Gasteiger partial charge < -0.3 is 4.74 Å². The Morgan fingerprint density at radius 1 is 1.29 bits per heavy atom. The fourth-order valence-corrected chi connectivity index (χ4v) is 3.35. The number of benzene rings is 1. The summed E-state index contributed by atoms with van der Waals surface area (Å²) in [6, 6.07) is 5.83. The third kappa shape index (κ3) is 2.54. The minimum absolute atomic E-state index is 0.0290. The normalized spacial score (nSPS) is 11.1. The summed E-state index contributed by atoms with van der Waals surface area (Å²) < 4.78 is 7.37. The lowest BCUT2D eigenvalue weighted by Gasteiger charge is -1.96. The molecule has 108 valence electrons. The van der Waals surface area contributed by atoms with Crippen LogP contribution in [0, 0.1) is 0 Å². The first-order chi connectivity index (χ1) is 10.1. The average molecular weight is 302 g/mol. The number of carbonyl (C=O) groups is 2. The number of nitrogens with zero attached hydrogens (tertiary/aromatic N) is 2. The van der Waals surface area contributed by atoms with Crippen LogP contribution in [-0.2, 0) is 16.6 Å². The van der Waals surface area contributed by atoms with Crippen LogP contribution in [0.25, 0.3) is 21.0 Å². The highest BCUT2D eigenvalue weighted by molar-refractivity contribution is 7.21. The van der Waals surface area contributed by atoms with E-state index in [1.807, 2.05) is 31.4 Å². The van der Waals surface area contributed by atoms with Crippen molar-refractivity contribution in [3.63, 3.8) is 0 Å². The number of Topliss-reactive ketones (excluding diaryl/α,β-unsaturated/α-hetero) is 1. The van der Waals surface area contributed by atoms with Crippen LogP contribution in [-0.4, -0.2) is 28.6 Å². The maximum atomic E-state index is 12.2. The van der Waals surface area contributed by atoms with Crippen molar-refractivity contribution in [2.45, 2.75) is 12.8 Å². The molecule has 0 saturated heterocycles. The first-order valence-electron chi connectivity index (χ1n) is 6.54. The number of carbonyl (C=O) groups excluding carboxylic acids is 2. The Bertz CT molecular complexity index is 847. The third-order valence-electron chi connectivity index (χ3n) is 3.36. The Morgan fingerprint density at radius 3 is 2.86 bits per heavy atom. The van der Waals surface area contributed by atoms with E-state index >= 15 is 0 Å². The summed E-state index contributed by atoms with van der Waals surface area (Å²) in [7, 11) is 3.20. The summed E-state index contributed by atoms with van der Waals surface area (Å²) in [5.41, 5.74) is 0.913. The molecule has 2 heterocycles. The topological polar surface area (TPSA) is 61.2 Å². The SMILES string of the molecule is COC(=O)CCC(=O)c1cc2c(ccc3nn(C)cc32)s1. The number of fused-ring (bicyclic) bond motifs is 3. The lowest BCUT2D eigenvalue weighted by atomic mass is 10.1. The van der Waals surface area contributed by atoms with Crippen molar-refractivity contribution in [2.24, 2.45) is 7.05 Å². The Kier molecular flexibility index (Phi) is 3.47. The minimum atomic E-state index is -0.362. The van der Waals surface area contributed by atoms with E-state index in [-0.39, 0.29) is 24.6 Å². The van der Waals surface area contributed by atoms with Gasteiger partial charge in [-0.2, -0.15) is 5.10 Å². The lowest BCUT2D eigenvalue weighted by molar-refractivity contribution is -0.140. The molecule has 3 aromatic rings. The average Bonchev–Trinajstić information content (AvgIpc) is 3.06. The molecule has 0 bridgehead atoms. The Labute approximate surface area is 125 Å². The molecular weight excluding hydrogens is 288 g/mol. The number of ether oxygens (including phenoxy) is 1. The number of ketones is 1. The molecule has 21 heavy (non-hydrogen) atoms. The molecule has 0 amide bonds. The third-order valence-corrected chi connectivity index (χ3v) is 4.50. The fraction of sp³-hybridized carbons (Fsp3) is 0.267. The van der Waals surface area contributed by atoms with Gasteiger partial charge in [0.25, 0.3) is 0 Å². The van der Waals surface area contributed by atoms with E-state index in [2.05, 4.69) is 9.84 Å². The van der Waals surface area contributed by atoms with E-state index in [4.69, 9.17) is 0 Å². The first-order valence-corrected chi connectivity index (χ1v) is 7.36. The van der Waals surface area contributed by atoms with Gasteiger partial charge in [0.05, 0.1) is 23.9 Å². The minimum Gasteiger partial charge on any atom is -0.469 e. The van der Waals surface area contributed by atoms with Crippen LogP contribution in [0.5, 0.6) is 0 Å². The zero-order chi connectivity index (χ0) is 15.0. The molecule has 0 aliphatic heterocycles. The van der Waals surface area contributed by atoms with Crippen LogP contribution < -0.4 is 0 Å². The van der Waals surface area contributed by atoms with Crippen LogP contribution >= 0.6 is 11.3 Å². The highest BCUT2D eigenvalue weighted by atomic mass is 32.1. The first kappa shape index (κ1) is 13.8. The summed E-state index contributed by atoms with van der Waals surface area (Å²) >= 11 is 1.45. The number of hydrogen-bond acceptors (Lipinski definition) is 5. The van der Waals surface area contributed by atoms with Gasteiger partial charge in [0.1, 0.15) is 0 Å². The largest absolute Gasteiger partial charge is 0.469 e. The molecule has 0 N–H and O–H groups in total. The molecule has 0 radical (unpaired) electrons. The van der Waals surface area contributed by atoms with Gasteiger partial charge in [0.2, 0.25) is 0 Å². The van der Waals surface area contributed by atoms with Gasteiger partial charge in [-0.25, -0.2) is 0 Å². The summed E-state index contributed by atoms with van der Waals surface area (Å²) in [5, 5.41) is 6.44. The van der Waals surface area contributed by atoms with Crippen LogP contribution in [0.15, 0.2) is 24.4 Å². The zero-order valence-corrected chi connectivity index (χ0v) is 12.6. The second-order valence-corrected chi connectivity index (χ2v) is 5.91. The molecule has 0 atom stereocenters. The van der Waals surface area contributed by atoms with E-state index in [9.17, 15) is 9.59 Å². The standard InChI is InChI=1S/C15H14N2O3S/c1-17-8-10-9-7-14(12(18)4-6-15(19)20-2)21-13(9)5-3-11(10)16-17/h3,5,7-8H,4,6H2,1-2H3. The number of rotatable bonds is 4. The number of esters is 1. The second kappa shape index (κ2) is 5.29. The molecule has 1 aromatic carbocycles. The molecule has 2 aromatic heterocycles. The van der Waals surface area contributed by atoms with Crippen molar-refractivity contribution in [1.82, 2.24) is 9.78 Å². The Hall–Kier alpha value is -2.21. The Balaban J connectivity index is 1.95. The quantitative estimate of drug-likeness (QED) is 0.549. The predicted molar refractivity (Wildman–Crippen MR) is 81.7 cm³/mol. The van der Waals surface area contributed by atoms with E-state index in [0.717, 1.165) is 21.0 Å². The molecule has 0 aliphatic carbocycles. The highest BCUT2D eigenvalue weighted by Gasteiger charge is 2.14. The van der Waals surface area contributed by atoms with Gasteiger partial charge in [0, 0.05) is 35.1 Å². The van der Waals surface area contributed by atoms with E-state index in [1.165, 1.54) is 18.4 Å². The van der Waals surface area contributed by atoms with Gasteiger partial charge in [0.15, 0.2) is 5.78 Å². The maximum absolute atomic E-state index is 12.2. The van der Waals surface area contributed by atoms with Crippen molar-refractivity contribution < 1.29 is 14.3 Å². The maximum Gasteiger partial charge on any atom is 0.305 e. The van der Waals surface area contributed by atoms with Gasteiger partial charge in [-0.3, -0.25) is 14.3 Å². The van der Waals surface area contributed by atoms with Gasteiger partial charge >= 0.3 is 5.97 Å². The monoisotopic (exact) mass is 302 g/mol. The van der Waals surface area contributed by atoms with Crippen LogP contribution in [0.1, 0.15) is 22.5 Å². The molecule has 0 aliphatic rings. The van der Waals surface area contributed by atoms with E-state index < -0.39 is 0 Å². The summed E-state index contributed by atoms with van der Waals surface area (Å²) in [6.45, 7) is 0. The molecular formula is C15H14N2O3S. The van der Waals surface area contributed by atoms with Crippen molar-refractivity contribution in [1.29, 1.82) is 0 Å². The Morgan fingerprint density at radius 2 is 2.10 bits per heavy atom. The summed E-state index contributed by atoms with van der Waals surface area (Å²) in [4.78, 5) is 23.9. The number of hydrogen-bond donors (Lipinski definition) is 0. The molecule has 6 heteroatoms. The van der Waals surface area contributed by atoms with Crippen molar-refractivity contribution in [3.05, 3.63) is 29.3 Å². The second-order valence-electron chi connectivity index (χ2n) is 4.82. The van der Waals surface area contributed by atoms with E-state index in [0.29, 0.717) is 4.88 Å². The van der Waals surface area contributed by atoms with Crippen molar-refractivity contribution in [2.75, 3.05) is 7.11 Å². The van der Waals surface area contributed by atoms with Crippen LogP contribution in [0.2, 0.25) is 0 Å². The van der Waals surface area contributed by atoms with Gasteiger partial charge in [-0.15, -0.1) is 11.3 Å². The van der Waals surface area contributed by atoms with Crippen LogP contribution in [0.4, 0.5) is 0 Å². The zero-order valence-electron chi connectivity index (χ0n) is 11.8. The number of methoxy groups -OCH3 is 1. The molecule has 5 nitrogen and oxygen atoms in total. The summed E-state index contributed by atoms with van der Waals surface area (Å²) in [6.07, 6.45) is 2.24. The molecule has 0 unspecified atom stereocenters. The van der Waals surface area contributed by atoms with E-state index in [1.54, 1.807) is 4.68 Å². The van der Waals surface area contributed by atoms with Gasteiger partial charge in [-0.05, 0) is 18.2 Å². The number of aromatic nitrogens is 2.